The smallest absolute Gasteiger partial charge is 0.407 e. The standard InChI is InChI=1S/C32H30ClN5O5S/c1-18-14-21(8-11-35-18)20-6-7-25-24(15-20)36-17-38(25)28-16-27(30(44-28)31(34)39)42-19(2)23-4-3-5-26(29(23)33)43-22-9-12-37(13-10-22)32(40)41/h3-8,11,14-17,19,22H,9-10,12-13H2,1-2H3,(H2,34,39)(H,40,41)/t19-/m1/s1. The highest BCUT2D eigenvalue weighted by Crippen LogP contribution is 2.39. The van der Waals surface area contributed by atoms with Crippen LogP contribution in [0.15, 0.2) is 67.1 Å². The molecule has 3 aromatic heterocycles. The normalized spacial score (nSPS) is 14.5. The van der Waals surface area contributed by atoms with Gasteiger partial charge in [0.25, 0.3) is 5.91 Å². The van der Waals surface area contributed by atoms with Crippen LogP contribution in [0.25, 0.3) is 27.2 Å². The Balaban J connectivity index is 1.23. The van der Waals surface area contributed by atoms with Gasteiger partial charge >= 0.3 is 6.09 Å². The van der Waals surface area contributed by atoms with E-state index < -0.39 is 18.1 Å². The van der Waals surface area contributed by atoms with E-state index in [0.29, 0.717) is 48.0 Å². The Morgan fingerprint density at radius 2 is 1.84 bits per heavy atom. The summed E-state index contributed by atoms with van der Waals surface area (Å²) in [6.07, 6.45) is 3.05. The van der Waals surface area contributed by atoms with Crippen molar-refractivity contribution in [1.82, 2.24) is 19.4 Å². The topological polar surface area (TPSA) is 133 Å². The highest BCUT2D eigenvalue weighted by atomic mass is 35.5. The number of thiophene rings is 1. The summed E-state index contributed by atoms with van der Waals surface area (Å²) in [6.45, 7) is 4.61. The van der Waals surface area contributed by atoms with E-state index in [-0.39, 0.29) is 11.0 Å². The molecule has 226 valence electrons. The molecule has 6 rings (SSSR count). The average Bonchev–Trinajstić information content (AvgIpc) is 3.62. The van der Waals surface area contributed by atoms with E-state index in [9.17, 15) is 14.7 Å². The molecule has 1 saturated heterocycles. The average molecular weight is 632 g/mol. The van der Waals surface area contributed by atoms with Crippen LogP contribution in [-0.2, 0) is 0 Å². The van der Waals surface area contributed by atoms with Crippen LogP contribution >= 0.6 is 22.9 Å². The number of nitrogens with zero attached hydrogens (tertiary/aromatic N) is 4. The number of likely N-dealkylation sites (tertiary alicyclic amines) is 1. The fourth-order valence-corrected chi connectivity index (χ4v) is 6.62. The van der Waals surface area contributed by atoms with Gasteiger partial charge in [-0.1, -0.05) is 29.8 Å². The summed E-state index contributed by atoms with van der Waals surface area (Å²) in [5.74, 6) is 0.249. The molecule has 1 aliphatic heterocycles. The van der Waals surface area contributed by atoms with Gasteiger partial charge in [0.15, 0.2) is 0 Å². The number of rotatable bonds is 8. The second-order valence-electron chi connectivity index (χ2n) is 10.7. The third-order valence-corrected chi connectivity index (χ3v) is 9.20. The van der Waals surface area contributed by atoms with Crippen molar-refractivity contribution >= 4 is 46.0 Å². The molecule has 5 aromatic rings. The van der Waals surface area contributed by atoms with Crippen LogP contribution in [0, 0.1) is 6.92 Å². The number of carboxylic acid groups (broad SMARTS) is 1. The van der Waals surface area contributed by atoms with Gasteiger partial charge in [0, 0.05) is 49.5 Å². The van der Waals surface area contributed by atoms with Gasteiger partial charge in [-0.2, -0.15) is 0 Å². The molecular weight excluding hydrogens is 602 g/mol. The van der Waals surface area contributed by atoms with Gasteiger partial charge in [-0.05, 0) is 55.3 Å². The Bertz CT molecular complexity index is 1860. The van der Waals surface area contributed by atoms with Gasteiger partial charge in [0.05, 0.1) is 16.1 Å². The van der Waals surface area contributed by atoms with Crippen molar-refractivity contribution in [3.63, 3.8) is 0 Å². The number of amides is 2. The van der Waals surface area contributed by atoms with Crippen LogP contribution in [0.4, 0.5) is 4.79 Å². The molecule has 1 fully saturated rings. The number of aryl methyl sites for hydroxylation is 1. The van der Waals surface area contributed by atoms with E-state index in [2.05, 4.69) is 9.97 Å². The van der Waals surface area contributed by atoms with Gasteiger partial charge in [-0.25, -0.2) is 9.78 Å². The first-order valence-corrected chi connectivity index (χ1v) is 15.3. The summed E-state index contributed by atoms with van der Waals surface area (Å²) in [5.41, 5.74) is 11.2. The Kier molecular flexibility index (Phi) is 8.15. The van der Waals surface area contributed by atoms with Gasteiger partial charge in [-0.3, -0.25) is 14.3 Å². The van der Waals surface area contributed by atoms with E-state index in [1.54, 1.807) is 24.7 Å². The van der Waals surface area contributed by atoms with E-state index in [4.69, 9.17) is 26.8 Å². The van der Waals surface area contributed by atoms with Crippen LogP contribution in [0.2, 0.25) is 5.02 Å². The molecular formula is C32H30ClN5O5S. The zero-order valence-electron chi connectivity index (χ0n) is 24.1. The summed E-state index contributed by atoms with van der Waals surface area (Å²) in [7, 11) is 0. The van der Waals surface area contributed by atoms with Crippen LogP contribution < -0.4 is 15.2 Å². The van der Waals surface area contributed by atoms with E-state index >= 15 is 0 Å². The molecule has 0 saturated carbocycles. The number of piperidine rings is 1. The molecule has 0 bridgehead atoms. The molecule has 0 unspecified atom stereocenters. The van der Waals surface area contributed by atoms with E-state index in [0.717, 1.165) is 32.9 Å². The molecule has 12 heteroatoms. The monoisotopic (exact) mass is 631 g/mol. The van der Waals surface area contributed by atoms with E-state index in [1.165, 1.54) is 16.2 Å². The number of ether oxygens (including phenoxy) is 2. The molecule has 0 spiro atoms. The Morgan fingerprint density at radius 3 is 2.57 bits per heavy atom. The number of benzene rings is 2. The SMILES string of the molecule is Cc1cc(-c2ccc3c(c2)ncn3-c2cc(O[C@H](C)c3cccc(OC4CCN(C(=O)O)CC4)c3Cl)c(C(N)=O)s2)ccn1. The van der Waals surface area contributed by atoms with Gasteiger partial charge in [0.1, 0.15) is 39.9 Å². The number of nitrogens with two attached hydrogens (primary N) is 1. The number of fused-ring (bicyclic) bond motifs is 1. The molecule has 0 aliphatic carbocycles. The van der Waals surface area contributed by atoms with Gasteiger partial charge < -0.3 is 25.2 Å². The van der Waals surface area contributed by atoms with Gasteiger partial charge in [0.2, 0.25) is 0 Å². The molecule has 2 aromatic carbocycles. The summed E-state index contributed by atoms with van der Waals surface area (Å²) in [4.78, 5) is 34.2. The molecule has 0 radical (unpaired) electrons. The van der Waals surface area contributed by atoms with Crippen molar-refractivity contribution in [1.29, 1.82) is 0 Å². The van der Waals surface area contributed by atoms with Crippen molar-refractivity contribution in [3.8, 4) is 27.6 Å². The zero-order valence-corrected chi connectivity index (χ0v) is 25.6. The van der Waals surface area contributed by atoms with Crippen LogP contribution in [0.3, 0.4) is 0 Å². The van der Waals surface area contributed by atoms with Crippen molar-refractivity contribution in [2.24, 2.45) is 5.73 Å². The lowest BCUT2D eigenvalue weighted by Crippen LogP contribution is -2.41. The summed E-state index contributed by atoms with van der Waals surface area (Å²) >= 11 is 8.00. The minimum Gasteiger partial charge on any atom is -0.489 e. The third kappa shape index (κ3) is 5.93. The highest BCUT2D eigenvalue weighted by Gasteiger charge is 2.26. The van der Waals surface area contributed by atoms with Crippen molar-refractivity contribution in [3.05, 3.63) is 88.3 Å². The first kappa shape index (κ1) is 29.5. The van der Waals surface area contributed by atoms with Crippen molar-refractivity contribution in [2.45, 2.75) is 38.9 Å². The molecule has 44 heavy (non-hydrogen) atoms. The first-order valence-electron chi connectivity index (χ1n) is 14.1. The molecule has 10 nitrogen and oxygen atoms in total. The number of primary amides is 1. The van der Waals surface area contributed by atoms with Crippen LogP contribution in [0.1, 0.15) is 46.8 Å². The number of carbonyl (C=O) groups is 2. The number of aromatic nitrogens is 3. The maximum atomic E-state index is 12.5. The summed E-state index contributed by atoms with van der Waals surface area (Å²) < 4.78 is 14.4. The zero-order chi connectivity index (χ0) is 31.0. The Morgan fingerprint density at radius 1 is 1.07 bits per heavy atom. The lowest BCUT2D eigenvalue weighted by Gasteiger charge is -2.30. The van der Waals surface area contributed by atoms with Crippen LogP contribution in [0.5, 0.6) is 11.5 Å². The van der Waals surface area contributed by atoms with Crippen LogP contribution in [-0.4, -0.2) is 55.7 Å². The fraction of sp³-hybridized carbons (Fsp3) is 0.250. The van der Waals surface area contributed by atoms with Crippen molar-refractivity contribution in [2.75, 3.05) is 13.1 Å². The highest BCUT2D eigenvalue weighted by molar-refractivity contribution is 7.16. The third-order valence-electron chi connectivity index (χ3n) is 7.66. The molecule has 2 amide bonds. The second-order valence-corrected chi connectivity index (χ2v) is 12.1. The number of imidazole rings is 1. The predicted octanol–water partition coefficient (Wildman–Crippen LogP) is 6.87. The minimum absolute atomic E-state index is 0.148. The Labute approximate surface area is 262 Å². The largest absolute Gasteiger partial charge is 0.489 e. The number of carbonyl (C=O) groups excluding carboxylic acids is 1. The number of hydrogen-bond acceptors (Lipinski definition) is 7. The fourth-order valence-electron chi connectivity index (χ4n) is 5.36. The predicted molar refractivity (Wildman–Crippen MR) is 169 cm³/mol. The maximum Gasteiger partial charge on any atom is 0.407 e. The number of hydrogen-bond donors (Lipinski definition) is 2. The van der Waals surface area contributed by atoms with Crippen molar-refractivity contribution < 1.29 is 24.2 Å². The molecule has 1 atom stereocenters. The number of pyridine rings is 1. The minimum atomic E-state index is -0.923. The quantitative estimate of drug-likeness (QED) is 0.191. The molecule has 1 aliphatic rings. The second kappa shape index (κ2) is 12.2. The first-order chi connectivity index (χ1) is 21.2. The molecule has 4 heterocycles. The number of halogens is 1. The lowest BCUT2D eigenvalue weighted by molar-refractivity contribution is 0.0892. The summed E-state index contributed by atoms with van der Waals surface area (Å²) in [5, 5.41) is 10.3. The lowest BCUT2D eigenvalue weighted by atomic mass is 10.1. The van der Waals surface area contributed by atoms with E-state index in [1.807, 2.05) is 60.9 Å². The summed E-state index contributed by atoms with van der Waals surface area (Å²) in [6, 6.07) is 17.3. The van der Waals surface area contributed by atoms with Gasteiger partial charge in [-0.15, -0.1) is 11.3 Å². The molecule has 3 N–H and O–H groups in total. The Hall–Kier alpha value is -4.61. The maximum absolute atomic E-state index is 12.5.